The molecule has 0 aromatic heterocycles. The molecule has 2 aliphatic rings. The van der Waals surface area contributed by atoms with E-state index in [1.807, 2.05) is 26.0 Å². The minimum Gasteiger partial charge on any atom is -0.494 e. The average Bonchev–Trinajstić information content (AvgIpc) is 2.87. The van der Waals surface area contributed by atoms with Crippen LogP contribution in [-0.2, 0) is 20.9 Å². The van der Waals surface area contributed by atoms with Gasteiger partial charge < -0.3 is 20.1 Å². The lowest BCUT2D eigenvalue weighted by atomic mass is 9.73. The van der Waals surface area contributed by atoms with Crippen LogP contribution in [0.25, 0.3) is 0 Å². The fraction of sp³-hybridized carbons (Fsp3) is 0.714. The van der Waals surface area contributed by atoms with Gasteiger partial charge in [-0.25, -0.2) is 0 Å². The molecular formula is C28H45N3O4. The van der Waals surface area contributed by atoms with Crippen molar-refractivity contribution in [3.63, 3.8) is 0 Å². The van der Waals surface area contributed by atoms with Crippen LogP contribution in [0, 0.1) is 11.3 Å². The molecule has 2 heterocycles. The van der Waals surface area contributed by atoms with Crippen LogP contribution in [-0.4, -0.2) is 62.2 Å². The third-order valence-corrected chi connectivity index (χ3v) is 7.70. The Labute approximate surface area is 211 Å². The number of nitrogens with zero attached hydrogens (tertiary/aromatic N) is 1. The summed E-state index contributed by atoms with van der Waals surface area (Å²) in [6.07, 6.45) is 5.97. The van der Waals surface area contributed by atoms with Gasteiger partial charge in [-0.15, -0.1) is 0 Å². The Balaban J connectivity index is 1.72. The number of piperidine rings is 1. The van der Waals surface area contributed by atoms with Gasteiger partial charge in [-0.1, -0.05) is 44.9 Å². The maximum atomic E-state index is 13.8. The molecule has 2 aliphatic heterocycles. The third kappa shape index (κ3) is 7.68. The van der Waals surface area contributed by atoms with Gasteiger partial charge in [-0.2, -0.15) is 0 Å². The van der Waals surface area contributed by atoms with E-state index in [4.69, 9.17) is 9.47 Å². The van der Waals surface area contributed by atoms with Crippen LogP contribution in [0.2, 0.25) is 0 Å². The van der Waals surface area contributed by atoms with E-state index in [0.717, 1.165) is 70.3 Å². The summed E-state index contributed by atoms with van der Waals surface area (Å²) >= 11 is 0. The van der Waals surface area contributed by atoms with Crippen LogP contribution in [0.4, 0.5) is 0 Å². The first-order valence-electron chi connectivity index (χ1n) is 13.6. The van der Waals surface area contributed by atoms with Crippen LogP contribution in [0.3, 0.4) is 0 Å². The zero-order valence-electron chi connectivity index (χ0n) is 21.9. The molecule has 0 radical (unpaired) electrons. The molecule has 0 saturated carbocycles. The number of amides is 2. The first-order valence-corrected chi connectivity index (χ1v) is 13.6. The van der Waals surface area contributed by atoms with Crippen LogP contribution < -0.4 is 15.4 Å². The SMILES string of the molecule is CCOc1ccccc1CN1CCC2(CCCCOCCCNC(=O)[C@H]([C@@H](C)CC)NC2=O)CC1. The molecule has 7 nitrogen and oxygen atoms in total. The first-order chi connectivity index (χ1) is 17.0. The van der Waals surface area contributed by atoms with Gasteiger partial charge in [0.05, 0.1) is 12.0 Å². The number of rotatable bonds is 6. The fourth-order valence-electron chi connectivity index (χ4n) is 5.16. The molecule has 0 unspecified atom stereocenters. The Hall–Kier alpha value is -2.12. The lowest BCUT2D eigenvalue weighted by Gasteiger charge is -2.42. The van der Waals surface area contributed by atoms with Crippen molar-refractivity contribution in [1.29, 1.82) is 0 Å². The zero-order chi connectivity index (χ0) is 25.1. The lowest BCUT2D eigenvalue weighted by molar-refractivity contribution is -0.139. The van der Waals surface area contributed by atoms with Crippen LogP contribution >= 0.6 is 0 Å². The van der Waals surface area contributed by atoms with Gasteiger partial charge >= 0.3 is 0 Å². The molecule has 2 N–H and O–H groups in total. The maximum absolute atomic E-state index is 13.8. The van der Waals surface area contributed by atoms with E-state index in [1.54, 1.807) is 0 Å². The van der Waals surface area contributed by atoms with Gasteiger partial charge in [-0.3, -0.25) is 14.5 Å². The van der Waals surface area contributed by atoms with E-state index in [1.165, 1.54) is 5.56 Å². The smallest absolute Gasteiger partial charge is 0.242 e. The van der Waals surface area contributed by atoms with Crippen molar-refractivity contribution >= 4 is 11.8 Å². The molecular weight excluding hydrogens is 442 g/mol. The zero-order valence-corrected chi connectivity index (χ0v) is 21.9. The minimum atomic E-state index is -0.496. The normalized spacial score (nSPS) is 23.7. The topological polar surface area (TPSA) is 79.9 Å². The Morgan fingerprint density at radius 1 is 1.09 bits per heavy atom. The van der Waals surface area contributed by atoms with E-state index in [2.05, 4.69) is 34.6 Å². The number of hydrogen-bond donors (Lipinski definition) is 2. The quantitative estimate of drug-likeness (QED) is 0.636. The molecule has 2 saturated heterocycles. The Bertz CT molecular complexity index is 807. The summed E-state index contributed by atoms with van der Waals surface area (Å²) in [5.41, 5.74) is 0.748. The highest BCUT2D eigenvalue weighted by atomic mass is 16.5. The summed E-state index contributed by atoms with van der Waals surface area (Å²) in [5.74, 6) is 0.985. The predicted octanol–water partition coefficient (Wildman–Crippen LogP) is 3.91. The van der Waals surface area contributed by atoms with Crippen LogP contribution in [0.5, 0.6) is 5.75 Å². The Morgan fingerprint density at radius 2 is 1.83 bits per heavy atom. The minimum absolute atomic E-state index is 0.0466. The first kappa shape index (κ1) is 27.5. The summed E-state index contributed by atoms with van der Waals surface area (Å²) in [4.78, 5) is 29.2. The molecule has 1 aromatic carbocycles. The molecule has 2 atom stereocenters. The average molecular weight is 488 g/mol. The van der Waals surface area contributed by atoms with E-state index in [0.29, 0.717) is 26.4 Å². The summed E-state index contributed by atoms with van der Waals surface area (Å²) in [5, 5.41) is 6.21. The highest BCUT2D eigenvalue weighted by Crippen LogP contribution is 2.38. The second-order valence-corrected chi connectivity index (χ2v) is 10.1. The highest BCUT2D eigenvalue weighted by Gasteiger charge is 2.42. The number of hydrogen-bond acceptors (Lipinski definition) is 5. The number of ether oxygens (including phenoxy) is 2. The second kappa shape index (κ2) is 13.8. The number of likely N-dealkylation sites (tertiary alicyclic amines) is 1. The summed E-state index contributed by atoms with van der Waals surface area (Å²) in [7, 11) is 0. The summed E-state index contributed by atoms with van der Waals surface area (Å²) < 4.78 is 11.6. The van der Waals surface area contributed by atoms with Gasteiger partial charge in [0.2, 0.25) is 11.8 Å². The van der Waals surface area contributed by atoms with E-state index in [9.17, 15) is 9.59 Å². The molecule has 0 aliphatic carbocycles. The van der Waals surface area contributed by atoms with E-state index in [-0.39, 0.29) is 17.7 Å². The molecule has 196 valence electrons. The molecule has 2 fully saturated rings. The predicted molar refractivity (Wildman–Crippen MR) is 138 cm³/mol. The van der Waals surface area contributed by atoms with Gasteiger partial charge in [-0.05, 0) is 64.1 Å². The molecule has 1 aromatic rings. The molecule has 7 heteroatoms. The van der Waals surface area contributed by atoms with Crippen molar-refractivity contribution < 1.29 is 19.1 Å². The molecule has 2 amide bonds. The molecule has 1 spiro atoms. The van der Waals surface area contributed by atoms with Crippen LogP contribution in [0.1, 0.15) is 71.3 Å². The van der Waals surface area contributed by atoms with Crippen molar-refractivity contribution in [1.82, 2.24) is 15.5 Å². The number of carbonyl (C=O) groups is 2. The van der Waals surface area contributed by atoms with Crippen molar-refractivity contribution in [2.45, 2.75) is 78.3 Å². The number of carbonyl (C=O) groups excluding carboxylic acids is 2. The maximum Gasteiger partial charge on any atom is 0.242 e. The van der Waals surface area contributed by atoms with Gasteiger partial charge in [0, 0.05) is 31.9 Å². The van der Waals surface area contributed by atoms with Crippen molar-refractivity contribution in [2.75, 3.05) is 39.5 Å². The van der Waals surface area contributed by atoms with Crippen molar-refractivity contribution in [3.8, 4) is 5.75 Å². The summed E-state index contributed by atoms with van der Waals surface area (Å²) in [6, 6.07) is 7.71. The van der Waals surface area contributed by atoms with Gasteiger partial charge in [0.1, 0.15) is 11.8 Å². The number of nitrogens with one attached hydrogen (secondary N) is 2. The van der Waals surface area contributed by atoms with Gasteiger partial charge in [0.25, 0.3) is 0 Å². The molecule has 3 rings (SSSR count). The Morgan fingerprint density at radius 3 is 2.57 bits per heavy atom. The standard InChI is InChI=1S/C28H45N3O4/c1-4-22(3)25-26(32)29-16-10-20-34-19-9-8-13-28(27(33)30-25)14-17-31(18-15-28)21-23-11-6-7-12-24(23)35-5-2/h6-7,11-12,22,25H,4-5,8-10,13-21H2,1-3H3,(H,29,32)(H,30,33)/t22-,25-/m0/s1. The molecule has 35 heavy (non-hydrogen) atoms. The van der Waals surface area contributed by atoms with E-state index < -0.39 is 11.5 Å². The monoisotopic (exact) mass is 487 g/mol. The van der Waals surface area contributed by atoms with Crippen molar-refractivity contribution in [2.24, 2.45) is 11.3 Å². The number of para-hydroxylation sites is 1. The fourth-order valence-corrected chi connectivity index (χ4v) is 5.16. The summed E-state index contributed by atoms with van der Waals surface area (Å²) in [6.45, 7) is 11.2. The van der Waals surface area contributed by atoms with Crippen LogP contribution in [0.15, 0.2) is 24.3 Å². The Kier molecular flexibility index (Phi) is 10.9. The third-order valence-electron chi connectivity index (χ3n) is 7.70. The largest absolute Gasteiger partial charge is 0.494 e. The highest BCUT2D eigenvalue weighted by molar-refractivity contribution is 5.90. The molecule has 0 bridgehead atoms. The lowest BCUT2D eigenvalue weighted by Crippen LogP contribution is -2.56. The number of benzene rings is 1. The van der Waals surface area contributed by atoms with Crippen molar-refractivity contribution in [3.05, 3.63) is 29.8 Å². The second-order valence-electron chi connectivity index (χ2n) is 10.1. The van der Waals surface area contributed by atoms with Gasteiger partial charge in [0.15, 0.2) is 0 Å². The van der Waals surface area contributed by atoms with E-state index >= 15 is 0 Å².